The normalized spacial score (nSPS) is 11.8. The lowest BCUT2D eigenvalue weighted by Crippen LogP contribution is -2.21. The van der Waals surface area contributed by atoms with E-state index in [-0.39, 0.29) is 6.04 Å². The maximum absolute atomic E-state index is 5.50. The topological polar surface area (TPSA) is 21.3 Å². The lowest BCUT2D eigenvalue weighted by Gasteiger charge is -2.17. The first-order valence-corrected chi connectivity index (χ1v) is 6.21. The van der Waals surface area contributed by atoms with Gasteiger partial charge in [-0.15, -0.1) is 12.3 Å². The van der Waals surface area contributed by atoms with Crippen LogP contribution in [0.25, 0.3) is 0 Å². The van der Waals surface area contributed by atoms with Crippen molar-refractivity contribution in [3.63, 3.8) is 0 Å². The Morgan fingerprint density at radius 3 is 2.88 bits per heavy atom. The fourth-order valence-electron chi connectivity index (χ4n) is 1.73. The van der Waals surface area contributed by atoms with Gasteiger partial charge in [-0.2, -0.15) is 0 Å². The van der Waals surface area contributed by atoms with Crippen molar-refractivity contribution >= 4 is 0 Å². The lowest BCUT2D eigenvalue weighted by molar-refractivity contribution is 0.339. The van der Waals surface area contributed by atoms with E-state index in [1.165, 1.54) is 5.56 Å². The van der Waals surface area contributed by atoms with Gasteiger partial charge in [0.25, 0.3) is 0 Å². The van der Waals surface area contributed by atoms with Gasteiger partial charge in [0.1, 0.15) is 5.75 Å². The Hall–Kier alpha value is -1.46. The van der Waals surface area contributed by atoms with Gasteiger partial charge in [-0.1, -0.05) is 19.1 Å². The van der Waals surface area contributed by atoms with Gasteiger partial charge >= 0.3 is 0 Å². The van der Waals surface area contributed by atoms with Crippen molar-refractivity contribution in [2.24, 2.45) is 0 Å². The third-order valence-corrected chi connectivity index (χ3v) is 2.53. The van der Waals surface area contributed by atoms with Crippen LogP contribution in [0, 0.1) is 12.3 Å². The highest BCUT2D eigenvalue weighted by Crippen LogP contribution is 2.21. The Morgan fingerprint density at radius 1 is 1.41 bits per heavy atom. The van der Waals surface area contributed by atoms with Crippen LogP contribution in [0.15, 0.2) is 24.3 Å². The Balaban J connectivity index is 2.78. The molecule has 0 aliphatic rings. The van der Waals surface area contributed by atoms with Gasteiger partial charge in [0.15, 0.2) is 0 Å². The molecule has 1 aromatic carbocycles. The number of rotatable bonds is 7. The molecule has 1 N–H and O–H groups in total. The quantitative estimate of drug-likeness (QED) is 0.728. The summed E-state index contributed by atoms with van der Waals surface area (Å²) < 4.78 is 5.50. The molecule has 0 fully saturated rings. The average molecular weight is 231 g/mol. The molecule has 1 aromatic rings. The number of terminal acetylenes is 1. The van der Waals surface area contributed by atoms with E-state index in [4.69, 9.17) is 11.2 Å². The molecule has 17 heavy (non-hydrogen) atoms. The summed E-state index contributed by atoms with van der Waals surface area (Å²) in [5.41, 5.74) is 1.20. The molecule has 0 bridgehead atoms. The van der Waals surface area contributed by atoms with Gasteiger partial charge in [-0.05, 0) is 37.6 Å². The summed E-state index contributed by atoms with van der Waals surface area (Å²) in [6, 6.07) is 8.36. The fraction of sp³-hybridized carbons (Fsp3) is 0.467. The zero-order chi connectivity index (χ0) is 12.5. The van der Waals surface area contributed by atoms with Gasteiger partial charge in [-0.25, -0.2) is 0 Å². The van der Waals surface area contributed by atoms with Gasteiger partial charge in [0.2, 0.25) is 0 Å². The molecule has 0 radical (unpaired) electrons. The highest BCUT2D eigenvalue weighted by atomic mass is 16.5. The third kappa shape index (κ3) is 4.50. The minimum atomic E-state index is 0.223. The maximum Gasteiger partial charge on any atom is 0.119 e. The summed E-state index contributed by atoms with van der Waals surface area (Å²) in [6.45, 7) is 5.80. The first-order valence-electron chi connectivity index (χ1n) is 6.21. The molecule has 0 heterocycles. The second-order valence-electron chi connectivity index (χ2n) is 3.92. The minimum absolute atomic E-state index is 0.223. The van der Waals surface area contributed by atoms with Crippen molar-refractivity contribution in [2.45, 2.75) is 32.7 Å². The summed E-state index contributed by atoms with van der Waals surface area (Å²) in [7, 11) is 0. The molecule has 1 unspecified atom stereocenters. The van der Waals surface area contributed by atoms with E-state index in [1.807, 2.05) is 19.1 Å². The summed E-state index contributed by atoms with van der Waals surface area (Å²) in [5.74, 6) is 3.63. The van der Waals surface area contributed by atoms with Gasteiger partial charge in [-0.3, -0.25) is 0 Å². The molecule has 1 rings (SSSR count). The van der Waals surface area contributed by atoms with E-state index in [2.05, 4.69) is 30.3 Å². The van der Waals surface area contributed by atoms with E-state index in [1.54, 1.807) is 0 Å². The maximum atomic E-state index is 5.50. The first kappa shape index (κ1) is 13.6. The number of benzene rings is 1. The molecular formula is C15H21NO. The first-order chi connectivity index (χ1) is 8.31. The van der Waals surface area contributed by atoms with Gasteiger partial charge in [0, 0.05) is 12.5 Å². The monoisotopic (exact) mass is 231 g/mol. The van der Waals surface area contributed by atoms with Crippen LogP contribution in [0.2, 0.25) is 0 Å². The minimum Gasteiger partial charge on any atom is -0.494 e. The zero-order valence-corrected chi connectivity index (χ0v) is 10.7. The van der Waals surface area contributed by atoms with Crippen LogP contribution in [0.3, 0.4) is 0 Å². The van der Waals surface area contributed by atoms with Crippen molar-refractivity contribution in [3.8, 4) is 18.1 Å². The molecule has 0 saturated heterocycles. The van der Waals surface area contributed by atoms with Crippen molar-refractivity contribution in [2.75, 3.05) is 13.2 Å². The largest absolute Gasteiger partial charge is 0.494 e. The standard InChI is InChI=1S/C15H21NO/c1-4-8-15(16-11-5-2)13-9-7-10-14(12-13)17-6-3/h1,7,9-10,12,15-16H,5-6,8,11H2,2-3H3. The Morgan fingerprint density at radius 2 is 2.24 bits per heavy atom. The summed E-state index contributed by atoms with van der Waals surface area (Å²) in [6.07, 6.45) is 7.22. The Labute approximate surface area is 104 Å². The van der Waals surface area contributed by atoms with Crippen LogP contribution in [0.4, 0.5) is 0 Å². The number of nitrogens with one attached hydrogen (secondary N) is 1. The molecule has 0 aliphatic carbocycles. The van der Waals surface area contributed by atoms with Crippen molar-refractivity contribution in [1.29, 1.82) is 0 Å². The molecule has 2 nitrogen and oxygen atoms in total. The second-order valence-corrected chi connectivity index (χ2v) is 3.92. The molecular weight excluding hydrogens is 210 g/mol. The molecule has 0 aliphatic heterocycles. The summed E-state index contributed by atoms with van der Waals surface area (Å²) in [4.78, 5) is 0. The summed E-state index contributed by atoms with van der Waals surface area (Å²) in [5, 5.41) is 3.46. The molecule has 2 heteroatoms. The Kier molecular flexibility index (Phi) is 6.21. The molecule has 0 amide bonds. The van der Waals surface area contributed by atoms with Crippen LogP contribution >= 0.6 is 0 Å². The number of hydrogen-bond donors (Lipinski definition) is 1. The van der Waals surface area contributed by atoms with Crippen LogP contribution in [-0.2, 0) is 0 Å². The van der Waals surface area contributed by atoms with Crippen LogP contribution in [0.1, 0.15) is 38.3 Å². The lowest BCUT2D eigenvalue weighted by atomic mass is 10.0. The zero-order valence-electron chi connectivity index (χ0n) is 10.7. The van der Waals surface area contributed by atoms with E-state index >= 15 is 0 Å². The molecule has 0 spiro atoms. The van der Waals surface area contributed by atoms with Crippen molar-refractivity contribution < 1.29 is 4.74 Å². The van der Waals surface area contributed by atoms with E-state index in [9.17, 15) is 0 Å². The SMILES string of the molecule is C#CCC(NCCC)c1cccc(OCC)c1. The van der Waals surface area contributed by atoms with Crippen molar-refractivity contribution in [3.05, 3.63) is 29.8 Å². The third-order valence-electron chi connectivity index (χ3n) is 2.53. The Bertz CT molecular complexity index is 367. The highest BCUT2D eigenvalue weighted by Gasteiger charge is 2.09. The van der Waals surface area contributed by atoms with E-state index in [0.717, 1.165) is 18.7 Å². The van der Waals surface area contributed by atoms with Crippen molar-refractivity contribution in [1.82, 2.24) is 5.32 Å². The molecule has 0 saturated carbocycles. The van der Waals surface area contributed by atoms with Gasteiger partial charge < -0.3 is 10.1 Å². The van der Waals surface area contributed by atoms with Crippen LogP contribution in [0.5, 0.6) is 5.75 Å². The average Bonchev–Trinajstić information content (AvgIpc) is 2.35. The predicted octanol–water partition coefficient (Wildman–Crippen LogP) is 3.15. The van der Waals surface area contributed by atoms with Crippen LogP contribution < -0.4 is 10.1 Å². The van der Waals surface area contributed by atoms with Crippen LogP contribution in [-0.4, -0.2) is 13.2 Å². The number of ether oxygens (including phenoxy) is 1. The number of hydrogen-bond acceptors (Lipinski definition) is 2. The smallest absolute Gasteiger partial charge is 0.119 e. The van der Waals surface area contributed by atoms with E-state index < -0.39 is 0 Å². The van der Waals surface area contributed by atoms with E-state index in [0.29, 0.717) is 13.0 Å². The second kappa shape index (κ2) is 7.76. The molecule has 1 atom stereocenters. The molecule has 0 aromatic heterocycles. The van der Waals surface area contributed by atoms with Gasteiger partial charge in [0.05, 0.1) is 6.61 Å². The predicted molar refractivity (Wildman–Crippen MR) is 72.1 cm³/mol. The fourth-order valence-corrected chi connectivity index (χ4v) is 1.73. The molecule has 92 valence electrons. The highest BCUT2D eigenvalue weighted by molar-refractivity contribution is 5.31. The summed E-state index contributed by atoms with van der Waals surface area (Å²) >= 11 is 0.